The van der Waals surface area contributed by atoms with Gasteiger partial charge in [0.05, 0.1) is 22.1 Å². The topological polar surface area (TPSA) is 71.1 Å². The van der Waals surface area contributed by atoms with Crippen LogP contribution in [-0.4, -0.2) is 20.4 Å². The van der Waals surface area contributed by atoms with E-state index in [1.165, 1.54) is 11.9 Å². The summed E-state index contributed by atoms with van der Waals surface area (Å²) in [6.45, 7) is 4.03. The molecule has 1 unspecified atom stereocenters. The Morgan fingerprint density at radius 1 is 1.25 bits per heavy atom. The van der Waals surface area contributed by atoms with E-state index in [0.29, 0.717) is 0 Å². The Hall–Kier alpha value is -1.44. The van der Waals surface area contributed by atoms with Crippen LogP contribution in [0.2, 0.25) is 0 Å². The van der Waals surface area contributed by atoms with Crippen LogP contribution in [0.25, 0.3) is 0 Å². The van der Waals surface area contributed by atoms with Gasteiger partial charge in [-0.2, -0.15) is 0 Å². The summed E-state index contributed by atoms with van der Waals surface area (Å²) in [5, 5.41) is 3.34. The van der Waals surface area contributed by atoms with Gasteiger partial charge >= 0.3 is 0 Å². The second kappa shape index (κ2) is 5.90. The summed E-state index contributed by atoms with van der Waals surface area (Å²) in [4.78, 5) is 5.66. The van der Waals surface area contributed by atoms with E-state index in [1.807, 2.05) is 12.4 Å². The summed E-state index contributed by atoms with van der Waals surface area (Å²) >= 11 is 1.61. The number of nitrogens with one attached hydrogen (secondary N) is 2. The number of aryl methyl sites for hydroxylation is 1. The van der Waals surface area contributed by atoms with Crippen LogP contribution in [0.3, 0.4) is 0 Å². The molecule has 0 amide bonds. The number of aromatic nitrogens is 1. The standard InChI is InChI=1S/C13H17N3O2S2/c1-9-13(19-8-15-9)10(2)16-11-4-6-12(7-5-11)20(17,18)14-3/h4-8,10,14,16H,1-3H3. The first-order valence-electron chi connectivity index (χ1n) is 6.14. The lowest BCUT2D eigenvalue weighted by molar-refractivity contribution is 0.588. The van der Waals surface area contributed by atoms with Crippen molar-refractivity contribution in [2.45, 2.75) is 24.8 Å². The molecule has 0 aliphatic heterocycles. The van der Waals surface area contributed by atoms with Crippen LogP contribution >= 0.6 is 11.3 Å². The zero-order valence-corrected chi connectivity index (χ0v) is 13.2. The van der Waals surface area contributed by atoms with E-state index < -0.39 is 10.0 Å². The van der Waals surface area contributed by atoms with Crippen LogP contribution in [-0.2, 0) is 10.0 Å². The molecule has 2 aromatic rings. The van der Waals surface area contributed by atoms with Crippen LogP contribution in [0, 0.1) is 6.92 Å². The van der Waals surface area contributed by atoms with Gasteiger partial charge in [-0.1, -0.05) is 0 Å². The number of hydrogen-bond donors (Lipinski definition) is 2. The minimum Gasteiger partial charge on any atom is -0.378 e. The van der Waals surface area contributed by atoms with E-state index in [0.717, 1.165) is 11.4 Å². The van der Waals surface area contributed by atoms with Gasteiger partial charge in [-0.05, 0) is 45.2 Å². The highest BCUT2D eigenvalue weighted by Gasteiger charge is 2.13. The van der Waals surface area contributed by atoms with Crippen molar-refractivity contribution < 1.29 is 8.42 Å². The zero-order valence-electron chi connectivity index (χ0n) is 11.5. The third kappa shape index (κ3) is 3.17. The second-order valence-corrected chi connectivity index (χ2v) is 7.17. The van der Waals surface area contributed by atoms with Crippen molar-refractivity contribution >= 4 is 27.0 Å². The molecule has 2 N–H and O–H groups in total. The summed E-state index contributed by atoms with van der Waals surface area (Å²) in [6.07, 6.45) is 0. The first kappa shape index (κ1) is 15.0. The lowest BCUT2D eigenvalue weighted by Gasteiger charge is -2.14. The van der Waals surface area contributed by atoms with E-state index in [9.17, 15) is 8.42 Å². The maximum atomic E-state index is 11.6. The number of benzene rings is 1. The number of anilines is 1. The molecule has 0 aliphatic carbocycles. The van der Waals surface area contributed by atoms with Gasteiger partial charge in [-0.3, -0.25) is 0 Å². The van der Waals surface area contributed by atoms with Crippen molar-refractivity contribution in [3.63, 3.8) is 0 Å². The van der Waals surface area contributed by atoms with E-state index >= 15 is 0 Å². The lowest BCUT2D eigenvalue weighted by Crippen LogP contribution is -2.18. The Labute approximate surface area is 123 Å². The fourth-order valence-corrected chi connectivity index (χ4v) is 3.43. The Balaban J connectivity index is 2.14. The first-order chi connectivity index (χ1) is 9.44. The third-order valence-electron chi connectivity index (χ3n) is 2.99. The maximum absolute atomic E-state index is 11.6. The van der Waals surface area contributed by atoms with Crippen molar-refractivity contribution in [1.82, 2.24) is 9.71 Å². The molecular weight excluding hydrogens is 294 g/mol. The van der Waals surface area contributed by atoms with Crippen molar-refractivity contribution in [3.05, 3.63) is 40.3 Å². The molecule has 1 aromatic carbocycles. The van der Waals surface area contributed by atoms with Crippen molar-refractivity contribution in [2.75, 3.05) is 12.4 Å². The average molecular weight is 311 g/mol. The van der Waals surface area contributed by atoms with Gasteiger partial charge in [0.1, 0.15) is 0 Å². The molecule has 5 nitrogen and oxygen atoms in total. The zero-order chi connectivity index (χ0) is 14.8. The van der Waals surface area contributed by atoms with Crippen LogP contribution in [0.5, 0.6) is 0 Å². The van der Waals surface area contributed by atoms with Crippen molar-refractivity contribution in [3.8, 4) is 0 Å². The number of nitrogens with zero attached hydrogens (tertiary/aromatic N) is 1. The minimum absolute atomic E-state index is 0.134. The molecule has 20 heavy (non-hydrogen) atoms. The number of hydrogen-bond acceptors (Lipinski definition) is 5. The summed E-state index contributed by atoms with van der Waals surface area (Å²) < 4.78 is 25.5. The summed E-state index contributed by atoms with van der Waals surface area (Å²) in [6, 6.07) is 6.82. The largest absolute Gasteiger partial charge is 0.378 e. The maximum Gasteiger partial charge on any atom is 0.240 e. The Kier molecular flexibility index (Phi) is 4.42. The third-order valence-corrected chi connectivity index (χ3v) is 5.54. The molecule has 0 saturated carbocycles. The smallest absolute Gasteiger partial charge is 0.240 e. The molecule has 2 rings (SSSR count). The molecule has 0 radical (unpaired) electrons. The molecule has 7 heteroatoms. The summed E-state index contributed by atoms with van der Waals surface area (Å²) in [5.41, 5.74) is 3.72. The fraction of sp³-hybridized carbons (Fsp3) is 0.308. The van der Waals surface area contributed by atoms with E-state index in [-0.39, 0.29) is 10.9 Å². The van der Waals surface area contributed by atoms with Gasteiger partial charge in [0, 0.05) is 10.6 Å². The number of rotatable bonds is 5. The SMILES string of the molecule is CNS(=O)(=O)c1ccc(NC(C)c2scnc2C)cc1. The number of thiazole rings is 1. The van der Waals surface area contributed by atoms with Crippen molar-refractivity contribution in [1.29, 1.82) is 0 Å². The van der Waals surface area contributed by atoms with Gasteiger partial charge in [0.15, 0.2) is 0 Å². The molecule has 0 spiro atoms. The highest BCUT2D eigenvalue weighted by molar-refractivity contribution is 7.89. The lowest BCUT2D eigenvalue weighted by atomic mass is 10.2. The van der Waals surface area contributed by atoms with Crippen LogP contribution in [0.1, 0.15) is 23.5 Å². The molecule has 1 aromatic heterocycles. The van der Waals surface area contributed by atoms with Gasteiger partial charge < -0.3 is 5.32 Å². The molecule has 1 heterocycles. The van der Waals surface area contributed by atoms with Crippen LogP contribution < -0.4 is 10.0 Å². The molecule has 0 saturated heterocycles. The normalized spacial score (nSPS) is 13.2. The predicted octanol–water partition coefficient (Wildman–Crippen LogP) is 2.53. The van der Waals surface area contributed by atoms with E-state index in [1.54, 1.807) is 35.6 Å². The highest BCUT2D eigenvalue weighted by atomic mass is 32.2. The van der Waals surface area contributed by atoms with Gasteiger partial charge in [0.2, 0.25) is 10.0 Å². The molecule has 0 bridgehead atoms. The summed E-state index contributed by atoms with van der Waals surface area (Å²) in [5.74, 6) is 0. The molecule has 0 aliphatic rings. The van der Waals surface area contributed by atoms with Crippen LogP contribution in [0.4, 0.5) is 5.69 Å². The molecule has 0 fully saturated rings. The number of sulfonamides is 1. The Morgan fingerprint density at radius 2 is 1.90 bits per heavy atom. The first-order valence-corrected chi connectivity index (χ1v) is 8.50. The summed E-state index contributed by atoms with van der Waals surface area (Å²) in [7, 11) is -1.98. The monoisotopic (exact) mass is 311 g/mol. The van der Waals surface area contributed by atoms with Gasteiger partial charge in [-0.15, -0.1) is 11.3 Å². The van der Waals surface area contributed by atoms with E-state index in [2.05, 4.69) is 21.9 Å². The Morgan fingerprint density at radius 3 is 2.40 bits per heavy atom. The minimum atomic E-state index is -3.38. The average Bonchev–Trinajstić information content (AvgIpc) is 2.85. The van der Waals surface area contributed by atoms with Gasteiger partial charge in [-0.25, -0.2) is 18.1 Å². The fourth-order valence-electron chi connectivity index (χ4n) is 1.89. The Bertz CT molecular complexity index is 678. The molecular formula is C13H17N3O2S2. The van der Waals surface area contributed by atoms with Crippen LogP contribution in [0.15, 0.2) is 34.7 Å². The molecule has 1 atom stereocenters. The molecule has 108 valence electrons. The van der Waals surface area contributed by atoms with E-state index in [4.69, 9.17) is 0 Å². The quantitative estimate of drug-likeness (QED) is 0.890. The predicted molar refractivity (Wildman–Crippen MR) is 81.6 cm³/mol. The van der Waals surface area contributed by atoms with Gasteiger partial charge in [0.25, 0.3) is 0 Å². The highest BCUT2D eigenvalue weighted by Crippen LogP contribution is 2.25. The van der Waals surface area contributed by atoms with Crippen molar-refractivity contribution in [2.24, 2.45) is 0 Å². The second-order valence-electron chi connectivity index (χ2n) is 4.40.